The van der Waals surface area contributed by atoms with Crippen molar-refractivity contribution in [3.8, 4) is 0 Å². The molecule has 17 heavy (non-hydrogen) atoms. The van der Waals surface area contributed by atoms with E-state index < -0.39 is 0 Å². The van der Waals surface area contributed by atoms with E-state index in [1.54, 1.807) is 0 Å². The third kappa shape index (κ3) is 3.84. The zero-order valence-corrected chi connectivity index (χ0v) is 12.3. The fourth-order valence-corrected chi connectivity index (χ4v) is 2.30. The van der Waals surface area contributed by atoms with Crippen LogP contribution in [0.4, 0.5) is 5.82 Å². The Morgan fingerprint density at radius 1 is 1.29 bits per heavy atom. The number of rotatable bonds is 3. The molecule has 3 nitrogen and oxygen atoms in total. The summed E-state index contributed by atoms with van der Waals surface area (Å²) in [6, 6.07) is 0. The first-order valence-electron chi connectivity index (χ1n) is 5.94. The minimum atomic E-state index is 0.223. The molecule has 0 bridgehead atoms. The van der Waals surface area contributed by atoms with Crippen molar-refractivity contribution in [3.63, 3.8) is 0 Å². The maximum absolute atomic E-state index is 6.16. The molecule has 0 radical (unpaired) electrons. The minimum absolute atomic E-state index is 0.223. The Bertz CT molecular complexity index is 383. The molecule has 0 aliphatic carbocycles. The van der Waals surface area contributed by atoms with Crippen LogP contribution in [0.25, 0.3) is 0 Å². The maximum atomic E-state index is 6.16. The lowest BCUT2D eigenvalue weighted by atomic mass is 9.96. The first-order chi connectivity index (χ1) is 7.72. The average molecular weight is 256 g/mol. The molecule has 0 atom stereocenters. The van der Waals surface area contributed by atoms with Gasteiger partial charge in [0.25, 0.3) is 0 Å². The van der Waals surface area contributed by atoms with Crippen LogP contribution < -0.4 is 4.90 Å². The highest BCUT2D eigenvalue weighted by Crippen LogP contribution is 2.31. The lowest BCUT2D eigenvalue weighted by molar-refractivity contribution is 0.417. The van der Waals surface area contributed by atoms with Gasteiger partial charge in [0.15, 0.2) is 0 Å². The van der Waals surface area contributed by atoms with Crippen molar-refractivity contribution in [2.75, 3.05) is 18.5 Å². The van der Waals surface area contributed by atoms with Gasteiger partial charge in [0.2, 0.25) is 0 Å². The zero-order chi connectivity index (χ0) is 13.2. The quantitative estimate of drug-likeness (QED) is 0.771. The van der Waals surface area contributed by atoms with E-state index in [-0.39, 0.29) is 5.41 Å². The van der Waals surface area contributed by atoms with Gasteiger partial charge >= 0.3 is 0 Å². The second kappa shape index (κ2) is 5.21. The highest BCUT2D eigenvalue weighted by Gasteiger charge is 2.20. The van der Waals surface area contributed by atoms with Crippen molar-refractivity contribution in [2.45, 2.75) is 40.5 Å². The topological polar surface area (TPSA) is 29.0 Å². The molecule has 0 aliphatic heterocycles. The van der Waals surface area contributed by atoms with Gasteiger partial charge in [-0.3, -0.25) is 0 Å². The first-order valence-corrected chi connectivity index (χ1v) is 6.31. The Kier molecular flexibility index (Phi) is 4.36. The summed E-state index contributed by atoms with van der Waals surface area (Å²) < 4.78 is 0. The van der Waals surface area contributed by atoms with Gasteiger partial charge in [0, 0.05) is 19.2 Å². The standard InChI is InChI=1S/C13H22ClN3/c1-9(2)10-11(14)15-8-16-12(10)17(6)7-13(3,4)5/h8-9H,7H2,1-6H3. The van der Waals surface area contributed by atoms with E-state index in [2.05, 4.69) is 56.5 Å². The van der Waals surface area contributed by atoms with Crippen LogP contribution in [0.2, 0.25) is 5.15 Å². The fourth-order valence-electron chi connectivity index (χ4n) is 1.95. The summed E-state index contributed by atoms with van der Waals surface area (Å²) in [5.74, 6) is 1.26. The summed E-state index contributed by atoms with van der Waals surface area (Å²) in [5.41, 5.74) is 1.25. The Morgan fingerprint density at radius 2 is 1.88 bits per heavy atom. The van der Waals surface area contributed by atoms with E-state index in [1.165, 1.54) is 6.33 Å². The molecule has 1 aromatic rings. The van der Waals surface area contributed by atoms with Crippen LogP contribution in [0, 0.1) is 5.41 Å². The molecule has 1 rings (SSSR count). The monoisotopic (exact) mass is 255 g/mol. The Morgan fingerprint density at radius 3 is 2.35 bits per heavy atom. The molecule has 4 heteroatoms. The van der Waals surface area contributed by atoms with Gasteiger partial charge in [-0.25, -0.2) is 9.97 Å². The van der Waals surface area contributed by atoms with Crippen LogP contribution in [0.5, 0.6) is 0 Å². The fraction of sp³-hybridized carbons (Fsp3) is 0.692. The van der Waals surface area contributed by atoms with Gasteiger partial charge in [-0.05, 0) is 11.3 Å². The molecule has 1 heterocycles. The van der Waals surface area contributed by atoms with Crippen LogP contribution in [-0.2, 0) is 0 Å². The molecule has 0 spiro atoms. The van der Waals surface area contributed by atoms with Gasteiger partial charge in [0.1, 0.15) is 17.3 Å². The van der Waals surface area contributed by atoms with E-state index in [0.717, 1.165) is 17.9 Å². The van der Waals surface area contributed by atoms with Gasteiger partial charge < -0.3 is 4.90 Å². The third-order valence-electron chi connectivity index (χ3n) is 2.46. The van der Waals surface area contributed by atoms with E-state index in [1.807, 2.05) is 0 Å². The van der Waals surface area contributed by atoms with Crippen LogP contribution in [0.15, 0.2) is 6.33 Å². The lowest BCUT2D eigenvalue weighted by Gasteiger charge is -2.29. The van der Waals surface area contributed by atoms with E-state index in [0.29, 0.717) is 11.1 Å². The van der Waals surface area contributed by atoms with Gasteiger partial charge in [-0.15, -0.1) is 0 Å². The summed E-state index contributed by atoms with van der Waals surface area (Å²) in [5, 5.41) is 0.561. The van der Waals surface area contributed by atoms with E-state index >= 15 is 0 Å². The average Bonchev–Trinajstić information content (AvgIpc) is 2.13. The molecule has 0 unspecified atom stereocenters. The van der Waals surface area contributed by atoms with Crippen molar-refractivity contribution < 1.29 is 0 Å². The SMILES string of the molecule is CC(C)c1c(Cl)ncnc1N(C)CC(C)(C)C. The van der Waals surface area contributed by atoms with Crippen molar-refractivity contribution in [1.82, 2.24) is 9.97 Å². The molecule has 0 N–H and O–H groups in total. The molecule has 0 aliphatic rings. The lowest BCUT2D eigenvalue weighted by Crippen LogP contribution is -2.30. The minimum Gasteiger partial charge on any atom is -0.359 e. The molecule has 1 aromatic heterocycles. The van der Waals surface area contributed by atoms with Crippen LogP contribution in [0.3, 0.4) is 0 Å². The van der Waals surface area contributed by atoms with E-state index in [4.69, 9.17) is 11.6 Å². The number of aromatic nitrogens is 2. The maximum Gasteiger partial charge on any atom is 0.138 e. The normalized spacial score (nSPS) is 12.0. The van der Waals surface area contributed by atoms with Crippen LogP contribution in [-0.4, -0.2) is 23.6 Å². The number of hydrogen-bond donors (Lipinski definition) is 0. The largest absolute Gasteiger partial charge is 0.359 e. The number of halogens is 1. The molecule has 0 saturated heterocycles. The number of anilines is 1. The highest BCUT2D eigenvalue weighted by atomic mass is 35.5. The smallest absolute Gasteiger partial charge is 0.138 e. The van der Waals surface area contributed by atoms with Crippen LogP contribution >= 0.6 is 11.6 Å². The van der Waals surface area contributed by atoms with Gasteiger partial charge in [0.05, 0.1) is 0 Å². The molecule has 0 amide bonds. The van der Waals surface area contributed by atoms with Crippen molar-refractivity contribution >= 4 is 17.4 Å². The van der Waals surface area contributed by atoms with Crippen molar-refractivity contribution in [2.24, 2.45) is 5.41 Å². The molecule has 0 saturated carbocycles. The predicted molar refractivity (Wildman–Crippen MR) is 73.9 cm³/mol. The van der Waals surface area contributed by atoms with Crippen molar-refractivity contribution in [1.29, 1.82) is 0 Å². The molecular formula is C13H22ClN3. The molecular weight excluding hydrogens is 234 g/mol. The zero-order valence-electron chi connectivity index (χ0n) is 11.6. The van der Waals surface area contributed by atoms with E-state index in [9.17, 15) is 0 Å². The first kappa shape index (κ1) is 14.2. The molecule has 0 fully saturated rings. The van der Waals surface area contributed by atoms with Gasteiger partial charge in [-0.2, -0.15) is 0 Å². The summed E-state index contributed by atoms with van der Waals surface area (Å²) in [7, 11) is 2.05. The predicted octanol–water partition coefficient (Wildman–Crippen LogP) is 3.74. The Hall–Kier alpha value is -0.830. The highest BCUT2D eigenvalue weighted by molar-refractivity contribution is 6.30. The summed E-state index contributed by atoms with van der Waals surface area (Å²) in [6.45, 7) is 11.8. The Labute approximate surface area is 109 Å². The number of nitrogens with zero attached hydrogens (tertiary/aromatic N) is 3. The second-order valence-corrected chi connectivity index (χ2v) is 6.33. The molecule has 96 valence electrons. The summed E-state index contributed by atoms with van der Waals surface area (Å²) in [4.78, 5) is 10.6. The number of hydrogen-bond acceptors (Lipinski definition) is 3. The summed E-state index contributed by atoms with van der Waals surface area (Å²) >= 11 is 6.16. The van der Waals surface area contributed by atoms with Crippen LogP contribution in [0.1, 0.15) is 46.1 Å². The third-order valence-corrected chi connectivity index (χ3v) is 2.77. The second-order valence-electron chi connectivity index (χ2n) is 5.97. The van der Waals surface area contributed by atoms with Gasteiger partial charge in [-0.1, -0.05) is 46.2 Å². The summed E-state index contributed by atoms with van der Waals surface area (Å²) in [6.07, 6.45) is 1.53. The van der Waals surface area contributed by atoms with Crippen molar-refractivity contribution in [3.05, 3.63) is 17.0 Å². The molecule has 0 aromatic carbocycles. The Balaban J connectivity index is 3.09.